The lowest BCUT2D eigenvalue weighted by Gasteiger charge is -2.14. The Kier molecular flexibility index (Phi) is 12.3. The molecule has 0 aromatic heterocycles. The third-order valence-electron chi connectivity index (χ3n) is 4.21. The van der Waals surface area contributed by atoms with Crippen LogP contribution >= 0.6 is 24.0 Å². The molecule has 2 N–H and O–H groups in total. The highest BCUT2D eigenvalue weighted by Crippen LogP contribution is 2.21. The smallest absolute Gasteiger partial charge is 0.387 e. The van der Waals surface area contributed by atoms with Crippen molar-refractivity contribution >= 4 is 29.9 Å². The summed E-state index contributed by atoms with van der Waals surface area (Å²) in [5, 5.41) is 6.40. The van der Waals surface area contributed by atoms with Crippen molar-refractivity contribution in [1.82, 2.24) is 10.6 Å². The molecule has 1 aliphatic carbocycles. The molecule has 27 heavy (non-hydrogen) atoms. The van der Waals surface area contributed by atoms with Gasteiger partial charge in [0.05, 0.1) is 12.6 Å². The molecule has 1 aromatic carbocycles. The topological polar surface area (TPSA) is 54.9 Å². The first-order valence-corrected chi connectivity index (χ1v) is 9.35. The molecular formula is C19H30F2IN3O2. The Labute approximate surface area is 177 Å². The molecule has 8 heteroatoms. The van der Waals surface area contributed by atoms with Gasteiger partial charge in [-0.2, -0.15) is 8.78 Å². The number of alkyl halides is 2. The number of benzene rings is 1. The normalized spacial score (nSPS) is 14.9. The van der Waals surface area contributed by atoms with Crippen LogP contribution in [0.4, 0.5) is 8.78 Å². The molecule has 154 valence electrons. The second-order valence-electron chi connectivity index (χ2n) is 6.24. The summed E-state index contributed by atoms with van der Waals surface area (Å²) in [6.45, 7) is 1.60. The van der Waals surface area contributed by atoms with E-state index in [1.54, 1.807) is 18.2 Å². The Morgan fingerprint density at radius 3 is 2.67 bits per heavy atom. The number of guanidine groups is 1. The molecule has 1 fully saturated rings. The number of ether oxygens (including phenoxy) is 2. The third-order valence-corrected chi connectivity index (χ3v) is 4.21. The van der Waals surface area contributed by atoms with E-state index in [0.29, 0.717) is 17.6 Å². The average Bonchev–Trinajstić information content (AvgIpc) is 3.13. The van der Waals surface area contributed by atoms with Crippen LogP contribution < -0.4 is 15.4 Å². The lowest BCUT2D eigenvalue weighted by molar-refractivity contribution is -0.0504. The van der Waals surface area contributed by atoms with E-state index in [0.717, 1.165) is 26.1 Å². The van der Waals surface area contributed by atoms with Gasteiger partial charge in [-0.05, 0) is 32.3 Å². The summed E-state index contributed by atoms with van der Waals surface area (Å²) in [6, 6.07) is 6.71. The van der Waals surface area contributed by atoms with Gasteiger partial charge in [0.2, 0.25) is 0 Å². The second-order valence-corrected chi connectivity index (χ2v) is 6.24. The van der Waals surface area contributed by atoms with Crippen LogP contribution in [0.5, 0.6) is 5.75 Å². The minimum atomic E-state index is -2.84. The molecule has 0 spiro atoms. The maximum Gasteiger partial charge on any atom is 0.387 e. The van der Waals surface area contributed by atoms with Gasteiger partial charge in [-0.3, -0.25) is 0 Å². The number of halogens is 3. The van der Waals surface area contributed by atoms with E-state index in [1.165, 1.54) is 31.7 Å². The molecule has 2 rings (SSSR count). The average molecular weight is 497 g/mol. The first kappa shape index (κ1) is 23.9. The van der Waals surface area contributed by atoms with E-state index in [4.69, 9.17) is 4.74 Å². The lowest BCUT2D eigenvalue weighted by atomic mass is 10.2. The van der Waals surface area contributed by atoms with Gasteiger partial charge in [-0.1, -0.05) is 31.0 Å². The highest BCUT2D eigenvalue weighted by atomic mass is 127. The third kappa shape index (κ3) is 9.55. The highest BCUT2D eigenvalue weighted by Gasteiger charge is 2.14. The van der Waals surface area contributed by atoms with Gasteiger partial charge < -0.3 is 20.1 Å². The Morgan fingerprint density at radius 2 is 1.96 bits per heavy atom. The summed E-state index contributed by atoms with van der Waals surface area (Å²) in [4.78, 5) is 4.46. The monoisotopic (exact) mass is 497 g/mol. The van der Waals surface area contributed by atoms with Crippen LogP contribution in [0.2, 0.25) is 0 Å². The van der Waals surface area contributed by atoms with E-state index in [9.17, 15) is 8.78 Å². The number of nitrogens with zero attached hydrogens (tertiary/aromatic N) is 1. The van der Waals surface area contributed by atoms with Crippen LogP contribution in [0.1, 0.15) is 44.6 Å². The van der Waals surface area contributed by atoms with Gasteiger partial charge in [0, 0.05) is 25.3 Å². The van der Waals surface area contributed by atoms with Gasteiger partial charge in [0.25, 0.3) is 0 Å². The SMILES string of the molecule is CCNC(=NCc1ccccc1OC(F)F)NCCCOC1CCCC1.I. The Morgan fingerprint density at radius 1 is 1.22 bits per heavy atom. The molecule has 0 amide bonds. The highest BCUT2D eigenvalue weighted by molar-refractivity contribution is 14.0. The predicted molar refractivity (Wildman–Crippen MR) is 114 cm³/mol. The summed E-state index contributed by atoms with van der Waals surface area (Å²) in [6.07, 6.45) is 6.23. The minimum Gasteiger partial charge on any atom is -0.434 e. The molecule has 0 radical (unpaired) electrons. The second kappa shape index (κ2) is 13.9. The van der Waals surface area contributed by atoms with E-state index in [-0.39, 0.29) is 36.3 Å². The fourth-order valence-corrected chi connectivity index (χ4v) is 2.94. The summed E-state index contributed by atoms with van der Waals surface area (Å²) >= 11 is 0. The van der Waals surface area contributed by atoms with Crippen LogP contribution in [0, 0.1) is 0 Å². The predicted octanol–water partition coefficient (Wildman–Crippen LogP) is 4.31. The van der Waals surface area contributed by atoms with E-state index in [1.807, 2.05) is 6.92 Å². The zero-order valence-corrected chi connectivity index (χ0v) is 18.1. The van der Waals surface area contributed by atoms with Gasteiger partial charge in [0.1, 0.15) is 5.75 Å². The standard InChI is InChI=1S/C19H29F2N3O2.HI/c1-2-22-19(23-12-7-13-25-16-9-4-5-10-16)24-14-15-8-3-6-11-17(15)26-18(20)21;/h3,6,8,11,16,18H,2,4-5,7,9-10,12-14H2,1H3,(H2,22,23,24);1H. The van der Waals surface area contributed by atoms with Crippen molar-refractivity contribution in [3.05, 3.63) is 29.8 Å². The molecule has 0 heterocycles. The molecule has 0 saturated heterocycles. The van der Waals surface area contributed by atoms with Crippen molar-refractivity contribution in [1.29, 1.82) is 0 Å². The van der Waals surface area contributed by atoms with Crippen LogP contribution in [0.25, 0.3) is 0 Å². The number of hydrogen-bond acceptors (Lipinski definition) is 3. The van der Waals surface area contributed by atoms with Gasteiger partial charge in [0.15, 0.2) is 5.96 Å². The van der Waals surface area contributed by atoms with Crippen molar-refractivity contribution < 1.29 is 18.3 Å². The molecular weight excluding hydrogens is 467 g/mol. The molecule has 0 unspecified atom stereocenters. The summed E-state index contributed by atoms with van der Waals surface area (Å²) < 4.78 is 35.3. The van der Waals surface area contributed by atoms with Crippen molar-refractivity contribution in [3.63, 3.8) is 0 Å². The van der Waals surface area contributed by atoms with Crippen LogP contribution in [-0.4, -0.2) is 38.4 Å². The Bertz CT molecular complexity index is 556. The van der Waals surface area contributed by atoms with Crippen LogP contribution in [0.15, 0.2) is 29.3 Å². The zero-order chi connectivity index (χ0) is 18.6. The Hall–Kier alpha value is -1.16. The number of nitrogens with one attached hydrogen (secondary N) is 2. The lowest BCUT2D eigenvalue weighted by Crippen LogP contribution is -2.38. The molecule has 1 saturated carbocycles. The molecule has 1 aliphatic rings. The summed E-state index contributed by atoms with van der Waals surface area (Å²) in [7, 11) is 0. The molecule has 0 bridgehead atoms. The van der Waals surface area contributed by atoms with Gasteiger partial charge in [-0.15, -0.1) is 24.0 Å². The quantitative estimate of drug-likeness (QED) is 0.219. The minimum absolute atomic E-state index is 0. The Balaban J connectivity index is 0.00000364. The van der Waals surface area contributed by atoms with Crippen molar-refractivity contribution in [2.75, 3.05) is 19.7 Å². The first-order valence-electron chi connectivity index (χ1n) is 9.35. The van der Waals surface area contributed by atoms with E-state index >= 15 is 0 Å². The molecule has 0 atom stereocenters. The summed E-state index contributed by atoms with van der Waals surface area (Å²) in [5.41, 5.74) is 0.620. The van der Waals surface area contributed by atoms with Gasteiger partial charge >= 0.3 is 6.61 Å². The number of hydrogen-bond donors (Lipinski definition) is 2. The number of aliphatic imine (C=N–C) groups is 1. The van der Waals surface area contributed by atoms with Crippen molar-refractivity contribution in [2.45, 2.75) is 58.3 Å². The van der Waals surface area contributed by atoms with E-state index < -0.39 is 6.61 Å². The van der Waals surface area contributed by atoms with Crippen LogP contribution in [-0.2, 0) is 11.3 Å². The first-order chi connectivity index (χ1) is 12.7. The fourth-order valence-electron chi connectivity index (χ4n) is 2.94. The fraction of sp³-hybridized carbons (Fsp3) is 0.632. The van der Waals surface area contributed by atoms with Gasteiger partial charge in [-0.25, -0.2) is 4.99 Å². The maximum atomic E-state index is 12.5. The largest absolute Gasteiger partial charge is 0.434 e. The zero-order valence-electron chi connectivity index (χ0n) is 15.8. The van der Waals surface area contributed by atoms with Crippen molar-refractivity contribution in [2.24, 2.45) is 4.99 Å². The van der Waals surface area contributed by atoms with Crippen LogP contribution in [0.3, 0.4) is 0 Å². The van der Waals surface area contributed by atoms with E-state index in [2.05, 4.69) is 20.4 Å². The maximum absolute atomic E-state index is 12.5. The number of para-hydroxylation sites is 1. The van der Waals surface area contributed by atoms with Crippen molar-refractivity contribution in [3.8, 4) is 5.75 Å². The molecule has 0 aliphatic heterocycles. The molecule has 5 nitrogen and oxygen atoms in total. The summed E-state index contributed by atoms with van der Waals surface area (Å²) in [5.74, 6) is 0.812. The molecule has 1 aromatic rings. The number of rotatable bonds is 10.